The summed E-state index contributed by atoms with van der Waals surface area (Å²) >= 11 is 0. The number of carbonyl (C=O) groups excluding carboxylic acids is 1. The molecule has 2 heterocycles. The van der Waals surface area contributed by atoms with Crippen LogP contribution in [0, 0.1) is 13.8 Å². The van der Waals surface area contributed by atoms with Crippen molar-refractivity contribution in [1.82, 2.24) is 20.1 Å². The molecule has 0 saturated carbocycles. The number of hydrogen-bond acceptors (Lipinski definition) is 3. The van der Waals surface area contributed by atoms with Gasteiger partial charge in [0, 0.05) is 18.4 Å². The lowest BCUT2D eigenvalue weighted by Crippen LogP contribution is -2.25. The third-order valence-electron chi connectivity index (χ3n) is 3.78. The molecule has 0 saturated heterocycles. The highest BCUT2D eigenvalue weighted by molar-refractivity contribution is 5.93. The molecule has 0 aliphatic heterocycles. The van der Waals surface area contributed by atoms with Crippen LogP contribution in [0.3, 0.4) is 0 Å². The van der Waals surface area contributed by atoms with E-state index in [9.17, 15) is 4.79 Å². The second-order valence-electron chi connectivity index (χ2n) is 5.74. The normalized spacial score (nSPS) is 10.6. The molecule has 24 heavy (non-hydrogen) atoms. The average molecular weight is 320 g/mol. The van der Waals surface area contributed by atoms with Gasteiger partial charge in [-0.1, -0.05) is 30.3 Å². The molecule has 122 valence electrons. The van der Waals surface area contributed by atoms with Gasteiger partial charge in [0.2, 0.25) is 0 Å². The number of benzene rings is 1. The van der Waals surface area contributed by atoms with Crippen molar-refractivity contribution in [2.45, 2.75) is 20.3 Å². The van der Waals surface area contributed by atoms with Crippen LogP contribution < -0.4 is 5.32 Å². The molecule has 2 aromatic heterocycles. The molecule has 5 heteroatoms. The molecule has 0 bridgehead atoms. The Labute approximate surface area is 141 Å². The Morgan fingerprint density at radius 3 is 2.54 bits per heavy atom. The lowest BCUT2D eigenvalue weighted by Gasteiger charge is -2.07. The smallest absolute Gasteiger partial charge is 0.252 e. The first-order valence-corrected chi connectivity index (χ1v) is 7.95. The molecule has 1 aromatic carbocycles. The van der Waals surface area contributed by atoms with Crippen molar-refractivity contribution in [2.75, 3.05) is 6.54 Å². The number of amides is 1. The van der Waals surface area contributed by atoms with E-state index in [-0.39, 0.29) is 5.91 Å². The first-order chi connectivity index (χ1) is 11.6. The average Bonchev–Trinajstić information content (AvgIpc) is 2.94. The van der Waals surface area contributed by atoms with Crippen molar-refractivity contribution in [1.29, 1.82) is 0 Å². The van der Waals surface area contributed by atoms with Gasteiger partial charge in [0.1, 0.15) is 0 Å². The predicted octanol–water partition coefficient (Wildman–Crippen LogP) is 2.86. The standard InChI is InChI=1S/C19H20N4O/c1-14-12-15(2)23(22-14)18-9-8-17(13-21-18)19(24)20-11-10-16-6-4-3-5-7-16/h3-9,12-13H,10-11H2,1-2H3,(H,20,24). The summed E-state index contributed by atoms with van der Waals surface area (Å²) in [6, 6.07) is 15.7. The fraction of sp³-hybridized carbons (Fsp3) is 0.211. The van der Waals surface area contributed by atoms with Gasteiger partial charge in [-0.05, 0) is 44.0 Å². The highest BCUT2D eigenvalue weighted by Gasteiger charge is 2.08. The van der Waals surface area contributed by atoms with Crippen molar-refractivity contribution in [3.8, 4) is 5.82 Å². The predicted molar refractivity (Wildman–Crippen MR) is 93.3 cm³/mol. The molecule has 0 unspecified atom stereocenters. The summed E-state index contributed by atoms with van der Waals surface area (Å²) in [6.07, 6.45) is 2.40. The van der Waals surface area contributed by atoms with E-state index in [1.54, 1.807) is 16.9 Å². The minimum absolute atomic E-state index is 0.113. The van der Waals surface area contributed by atoms with Crippen molar-refractivity contribution in [3.63, 3.8) is 0 Å². The van der Waals surface area contributed by atoms with Crippen molar-refractivity contribution < 1.29 is 4.79 Å². The SMILES string of the molecule is Cc1cc(C)n(-c2ccc(C(=O)NCCc3ccccc3)cn2)n1. The molecule has 3 aromatic rings. The number of aromatic nitrogens is 3. The summed E-state index contributed by atoms with van der Waals surface area (Å²) in [5, 5.41) is 7.31. The van der Waals surface area contributed by atoms with Gasteiger partial charge in [0.15, 0.2) is 5.82 Å². The second-order valence-corrected chi connectivity index (χ2v) is 5.74. The third-order valence-corrected chi connectivity index (χ3v) is 3.78. The summed E-state index contributed by atoms with van der Waals surface area (Å²) < 4.78 is 1.77. The lowest BCUT2D eigenvalue weighted by atomic mass is 10.1. The lowest BCUT2D eigenvalue weighted by molar-refractivity contribution is 0.0954. The molecule has 0 atom stereocenters. The van der Waals surface area contributed by atoms with Crippen LogP contribution >= 0.6 is 0 Å². The van der Waals surface area contributed by atoms with Crippen LogP contribution in [0.4, 0.5) is 0 Å². The van der Waals surface area contributed by atoms with Crippen LogP contribution in [-0.2, 0) is 6.42 Å². The Balaban J connectivity index is 1.61. The van der Waals surface area contributed by atoms with Crippen molar-refractivity contribution >= 4 is 5.91 Å². The van der Waals surface area contributed by atoms with Crippen molar-refractivity contribution in [3.05, 3.63) is 77.2 Å². The summed E-state index contributed by atoms with van der Waals surface area (Å²) in [5.41, 5.74) is 3.71. The summed E-state index contributed by atoms with van der Waals surface area (Å²) in [6.45, 7) is 4.52. The van der Waals surface area contributed by atoms with Crippen LogP contribution in [0.15, 0.2) is 54.7 Å². The molecule has 0 spiro atoms. The number of pyridine rings is 1. The number of nitrogens with one attached hydrogen (secondary N) is 1. The molecule has 0 fully saturated rings. The third kappa shape index (κ3) is 3.68. The van der Waals surface area contributed by atoms with Crippen LogP contribution in [0.1, 0.15) is 27.3 Å². The zero-order valence-electron chi connectivity index (χ0n) is 13.9. The zero-order valence-corrected chi connectivity index (χ0v) is 13.9. The summed E-state index contributed by atoms with van der Waals surface area (Å²) in [4.78, 5) is 16.5. The minimum atomic E-state index is -0.113. The molecular formula is C19H20N4O. The fourth-order valence-corrected chi connectivity index (χ4v) is 2.57. The van der Waals surface area contributed by atoms with E-state index in [1.807, 2.05) is 44.2 Å². The molecule has 0 radical (unpaired) electrons. The molecule has 0 aliphatic carbocycles. The molecule has 0 aliphatic rings. The van der Waals surface area contributed by atoms with Gasteiger partial charge in [-0.3, -0.25) is 4.79 Å². The number of hydrogen-bond donors (Lipinski definition) is 1. The Hall–Kier alpha value is -2.95. The van der Waals surface area contributed by atoms with Crippen LogP contribution in [0.25, 0.3) is 5.82 Å². The van der Waals surface area contributed by atoms with E-state index in [0.717, 1.165) is 17.8 Å². The molecular weight excluding hydrogens is 300 g/mol. The zero-order chi connectivity index (χ0) is 16.9. The van der Waals surface area contributed by atoms with Gasteiger partial charge in [0.25, 0.3) is 5.91 Å². The van der Waals surface area contributed by atoms with Gasteiger partial charge >= 0.3 is 0 Å². The van der Waals surface area contributed by atoms with Gasteiger partial charge in [-0.2, -0.15) is 5.10 Å². The van der Waals surface area contributed by atoms with Gasteiger partial charge < -0.3 is 5.32 Å². The van der Waals surface area contributed by atoms with Crippen LogP contribution in [0.5, 0.6) is 0 Å². The Bertz CT molecular complexity index is 822. The first kappa shape index (κ1) is 15.9. The Morgan fingerprint density at radius 1 is 1.12 bits per heavy atom. The van der Waals surface area contributed by atoms with Crippen molar-refractivity contribution in [2.24, 2.45) is 0 Å². The quantitative estimate of drug-likeness (QED) is 0.786. The highest BCUT2D eigenvalue weighted by Crippen LogP contribution is 2.10. The number of nitrogens with zero attached hydrogens (tertiary/aromatic N) is 3. The first-order valence-electron chi connectivity index (χ1n) is 7.95. The summed E-state index contributed by atoms with van der Waals surface area (Å²) in [5.74, 6) is 0.597. The van der Waals surface area contributed by atoms with Crippen LogP contribution in [0.2, 0.25) is 0 Å². The number of aryl methyl sites for hydroxylation is 2. The second kappa shape index (κ2) is 7.08. The Kier molecular flexibility index (Phi) is 4.70. The maximum atomic E-state index is 12.2. The van der Waals surface area contributed by atoms with Crippen LogP contribution in [-0.4, -0.2) is 27.2 Å². The largest absolute Gasteiger partial charge is 0.352 e. The maximum Gasteiger partial charge on any atom is 0.252 e. The van der Waals surface area contributed by atoms with Gasteiger partial charge in [-0.25, -0.2) is 9.67 Å². The van der Waals surface area contributed by atoms with Gasteiger partial charge in [0.05, 0.1) is 11.3 Å². The number of rotatable bonds is 5. The van der Waals surface area contributed by atoms with E-state index in [1.165, 1.54) is 5.56 Å². The molecule has 3 rings (SSSR count). The van der Waals surface area contributed by atoms with E-state index in [0.29, 0.717) is 17.9 Å². The van der Waals surface area contributed by atoms with E-state index in [4.69, 9.17) is 0 Å². The fourth-order valence-electron chi connectivity index (χ4n) is 2.57. The van der Waals surface area contributed by atoms with E-state index < -0.39 is 0 Å². The van der Waals surface area contributed by atoms with E-state index in [2.05, 4.69) is 27.5 Å². The topological polar surface area (TPSA) is 59.8 Å². The monoisotopic (exact) mass is 320 g/mol. The molecule has 1 amide bonds. The number of carbonyl (C=O) groups is 1. The molecule has 5 nitrogen and oxygen atoms in total. The Morgan fingerprint density at radius 2 is 1.92 bits per heavy atom. The maximum absolute atomic E-state index is 12.2. The minimum Gasteiger partial charge on any atom is -0.352 e. The van der Waals surface area contributed by atoms with Gasteiger partial charge in [-0.15, -0.1) is 0 Å². The highest BCUT2D eigenvalue weighted by atomic mass is 16.1. The summed E-state index contributed by atoms with van der Waals surface area (Å²) in [7, 11) is 0. The van der Waals surface area contributed by atoms with E-state index >= 15 is 0 Å². The molecule has 1 N–H and O–H groups in total.